The molecule has 3 aromatic rings. The second-order valence-electron chi connectivity index (χ2n) is 5.43. The Morgan fingerprint density at radius 1 is 1.23 bits per heavy atom. The Morgan fingerprint density at radius 3 is 2.62 bits per heavy atom. The van der Waals surface area contributed by atoms with E-state index in [1.165, 1.54) is 30.3 Å². The first kappa shape index (κ1) is 17.6. The summed E-state index contributed by atoms with van der Waals surface area (Å²) in [7, 11) is 1.56. The van der Waals surface area contributed by atoms with Gasteiger partial charge in [-0.25, -0.2) is 9.37 Å². The number of pyridine rings is 1. The number of Topliss-reactive ketones (excluding diaryl/α,β-unsaturated/α-hetero) is 1. The van der Waals surface area contributed by atoms with Gasteiger partial charge in [-0.05, 0) is 54.6 Å². The number of carbonyl (C=O) groups excluding carboxylic acids is 1. The third kappa shape index (κ3) is 3.56. The molecule has 4 nitrogen and oxygen atoms in total. The van der Waals surface area contributed by atoms with Gasteiger partial charge in [-0.1, -0.05) is 11.6 Å². The highest BCUT2D eigenvalue weighted by Crippen LogP contribution is 2.26. The Morgan fingerprint density at radius 2 is 1.96 bits per heavy atom. The van der Waals surface area contributed by atoms with Crippen LogP contribution in [0.25, 0.3) is 17.0 Å². The maximum Gasteiger partial charge on any atom is 0.203 e. The van der Waals surface area contributed by atoms with Crippen molar-refractivity contribution in [1.29, 1.82) is 5.26 Å². The highest BCUT2D eigenvalue weighted by Gasteiger charge is 2.14. The van der Waals surface area contributed by atoms with Crippen molar-refractivity contribution >= 4 is 34.4 Å². The van der Waals surface area contributed by atoms with Crippen LogP contribution in [0.15, 0.2) is 54.1 Å². The maximum atomic E-state index is 13.0. The molecule has 0 spiro atoms. The third-order valence-corrected chi connectivity index (χ3v) is 4.08. The second kappa shape index (κ2) is 7.34. The van der Waals surface area contributed by atoms with Crippen molar-refractivity contribution in [1.82, 2.24) is 4.98 Å². The molecule has 0 saturated carbocycles. The van der Waals surface area contributed by atoms with Gasteiger partial charge in [-0.2, -0.15) is 5.26 Å². The number of allylic oxidation sites excluding steroid dienone is 1. The minimum absolute atomic E-state index is 0.123. The molecule has 1 aromatic heterocycles. The van der Waals surface area contributed by atoms with Crippen molar-refractivity contribution in [2.75, 3.05) is 7.11 Å². The zero-order chi connectivity index (χ0) is 18.7. The predicted molar refractivity (Wildman–Crippen MR) is 97.6 cm³/mol. The lowest BCUT2D eigenvalue weighted by Crippen LogP contribution is -2.02. The van der Waals surface area contributed by atoms with E-state index in [-0.39, 0.29) is 16.3 Å². The van der Waals surface area contributed by atoms with E-state index < -0.39 is 11.6 Å². The summed E-state index contributed by atoms with van der Waals surface area (Å²) in [5.41, 5.74) is 1.18. The van der Waals surface area contributed by atoms with Gasteiger partial charge in [0.25, 0.3) is 0 Å². The summed E-state index contributed by atoms with van der Waals surface area (Å²) in [6.45, 7) is 0. The van der Waals surface area contributed by atoms with E-state index in [0.717, 1.165) is 5.39 Å². The van der Waals surface area contributed by atoms with Crippen molar-refractivity contribution in [3.63, 3.8) is 0 Å². The van der Waals surface area contributed by atoms with Gasteiger partial charge in [0, 0.05) is 16.5 Å². The first-order valence-electron chi connectivity index (χ1n) is 7.58. The molecule has 0 radical (unpaired) electrons. The summed E-state index contributed by atoms with van der Waals surface area (Å²) in [4.78, 5) is 16.7. The number of ether oxygens (including phenoxy) is 1. The van der Waals surface area contributed by atoms with Crippen molar-refractivity contribution in [2.45, 2.75) is 0 Å². The Labute approximate surface area is 154 Å². The SMILES string of the molecule is COc1ccc2nc(Cl)c(/C=C(\C#N)C(=O)c3ccc(F)cc3)cc2c1. The number of nitrogens with zero attached hydrogens (tertiary/aromatic N) is 2. The molecule has 0 amide bonds. The average molecular weight is 367 g/mol. The topological polar surface area (TPSA) is 63.0 Å². The van der Waals surface area contributed by atoms with Crippen LogP contribution in [0.4, 0.5) is 4.39 Å². The number of aromatic nitrogens is 1. The van der Waals surface area contributed by atoms with Crippen molar-refractivity contribution in [3.8, 4) is 11.8 Å². The molecule has 128 valence electrons. The van der Waals surface area contributed by atoms with Crippen LogP contribution in [0.1, 0.15) is 15.9 Å². The van der Waals surface area contributed by atoms with Crippen LogP contribution in [0.5, 0.6) is 5.75 Å². The van der Waals surface area contributed by atoms with Gasteiger partial charge in [-0.15, -0.1) is 0 Å². The lowest BCUT2D eigenvalue weighted by atomic mass is 10.0. The van der Waals surface area contributed by atoms with E-state index in [1.807, 2.05) is 6.07 Å². The molecular formula is C20H12ClFN2O2. The van der Waals surface area contributed by atoms with Gasteiger partial charge in [0.05, 0.1) is 12.6 Å². The minimum atomic E-state index is -0.519. The highest BCUT2D eigenvalue weighted by molar-refractivity contribution is 6.31. The fourth-order valence-corrected chi connectivity index (χ4v) is 2.64. The van der Waals surface area contributed by atoms with Crippen molar-refractivity contribution in [3.05, 3.63) is 76.2 Å². The molecule has 2 aromatic carbocycles. The average Bonchev–Trinajstić information content (AvgIpc) is 2.66. The normalized spacial score (nSPS) is 11.2. The number of hydrogen-bond donors (Lipinski definition) is 0. The molecule has 0 bridgehead atoms. The third-order valence-electron chi connectivity index (χ3n) is 3.77. The van der Waals surface area contributed by atoms with Crippen LogP contribution in [-0.2, 0) is 0 Å². The van der Waals surface area contributed by atoms with E-state index in [2.05, 4.69) is 4.98 Å². The first-order chi connectivity index (χ1) is 12.5. The molecule has 0 fully saturated rings. The number of carbonyl (C=O) groups is 1. The number of hydrogen-bond acceptors (Lipinski definition) is 4. The fraction of sp³-hybridized carbons (Fsp3) is 0.0500. The van der Waals surface area contributed by atoms with Crippen molar-refractivity contribution < 1.29 is 13.9 Å². The quantitative estimate of drug-likeness (QED) is 0.287. The minimum Gasteiger partial charge on any atom is -0.497 e. The molecule has 26 heavy (non-hydrogen) atoms. The molecule has 0 saturated heterocycles. The number of fused-ring (bicyclic) bond motifs is 1. The smallest absolute Gasteiger partial charge is 0.203 e. The Balaban J connectivity index is 2.05. The van der Waals surface area contributed by atoms with Crippen LogP contribution in [0.3, 0.4) is 0 Å². The lowest BCUT2D eigenvalue weighted by molar-refractivity contribution is 0.104. The van der Waals surface area contributed by atoms with E-state index in [4.69, 9.17) is 16.3 Å². The standard InChI is InChI=1S/C20H12ClFN2O2/c1-26-17-6-7-18-13(10-17)8-14(20(21)24-18)9-15(11-23)19(25)12-2-4-16(22)5-3-12/h2-10H,1H3/b15-9+. The van der Waals surface area contributed by atoms with Gasteiger partial charge in [-0.3, -0.25) is 4.79 Å². The van der Waals surface area contributed by atoms with E-state index in [9.17, 15) is 14.4 Å². The zero-order valence-electron chi connectivity index (χ0n) is 13.7. The predicted octanol–water partition coefficient (Wildman–Crippen LogP) is 4.83. The highest BCUT2D eigenvalue weighted by atomic mass is 35.5. The van der Waals surface area contributed by atoms with Crippen LogP contribution in [0, 0.1) is 17.1 Å². The summed E-state index contributed by atoms with van der Waals surface area (Å²) < 4.78 is 18.2. The number of ketones is 1. The van der Waals surface area contributed by atoms with Gasteiger partial charge in [0.15, 0.2) is 0 Å². The summed E-state index contributed by atoms with van der Waals surface area (Å²) in [5.74, 6) is -0.325. The Bertz CT molecular complexity index is 1070. The van der Waals surface area contributed by atoms with Crippen LogP contribution in [-0.4, -0.2) is 17.9 Å². The van der Waals surface area contributed by atoms with Gasteiger partial charge in [0.2, 0.25) is 5.78 Å². The molecule has 0 aliphatic rings. The largest absolute Gasteiger partial charge is 0.497 e. The van der Waals surface area contributed by atoms with Gasteiger partial charge >= 0.3 is 0 Å². The zero-order valence-corrected chi connectivity index (χ0v) is 14.4. The summed E-state index contributed by atoms with van der Waals surface area (Å²) in [6.07, 6.45) is 1.37. The molecule has 3 rings (SSSR count). The van der Waals surface area contributed by atoms with Crippen molar-refractivity contribution in [2.24, 2.45) is 0 Å². The van der Waals surface area contributed by atoms with Crippen LogP contribution >= 0.6 is 11.6 Å². The molecule has 1 heterocycles. The first-order valence-corrected chi connectivity index (χ1v) is 7.96. The van der Waals surface area contributed by atoms with Gasteiger partial charge < -0.3 is 4.74 Å². The van der Waals surface area contributed by atoms with Crippen LogP contribution in [0.2, 0.25) is 5.15 Å². The maximum absolute atomic E-state index is 13.0. The molecule has 0 N–H and O–H groups in total. The number of nitriles is 1. The fourth-order valence-electron chi connectivity index (χ4n) is 2.44. The second-order valence-corrected chi connectivity index (χ2v) is 5.79. The number of benzene rings is 2. The molecule has 0 aliphatic heterocycles. The number of halogens is 2. The molecule has 0 unspecified atom stereocenters. The summed E-state index contributed by atoms with van der Waals surface area (Å²) >= 11 is 6.19. The van der Waals surface area contributed by atoms with E-state index in [1.54, 1.807) is 31.4 Å². The Kier molecular flexibility index (Phi) is 4.97. The van der Waals surface area contributed by atoms with E-state index >= 15 is 0 Å². The monoisotopic (exact) mass is 366 g/mol. The summed E-state index contributed by atoms with van der Waals surface area (Å²) in [6, 6.07) is 13.9. The molecular weight excluding hydrogens is 355 g/mol. The molecule has 0 aliphatic carbocycles. The number of rotatable bonds is 4. The summed E-state index contributed by atoms with van der Waals surface area (Å²) in [5, 5.41) is 10.3. The van der Waals surface area contributed by atoms with E-state index in [0.29, 0.717) is 16.8 Å². The van der Waals surface area contributed by atoms with Crippen LogP contribution < -0.4 is 4.74 Å². The molecule has 0 atom stereocenters. The van der Waals surface area contributed by atoms with Gasteiger partial charge in [0.1, 0.15) is 28.4 Å². The number of methoxy groups -OCH3 is 1. The lowest BCUT2D eigenvalue weighted by Gasteiger charge is -2.06. The Hall–Kier alpha value is -3.23. The molecule has 6 heteroatoms.